The van der Waals surface area contributed by atoms with Crippen molar-refractivity contribution in [1.82, 2.24) is 14.8 Å². The van der Waals surface area contributed by atoms with Gasteiger partial charge in [0.1, 0.15) is 0 Å². The number of carbonyl (C=O) groups excluding carboxylic acids is 2. The van der Waals surface area contributed by atoms with Crippen LogP contribution < -0.4 is 0 Å². The lowest BCUT2D eigenvalue weighted by Gasteiger charge is -2.36. The Morgan fingerprint density at radius 1 is 1.43 bits per heavy atom. The summed E-state index contributed by atoms with van der Waals surface area (Å²) in [5.41, 5.74) is -0.731. The molecule has 1 aliphatic carbocycles. The second-order valence-corrected chi connectivity index (χ2v) is 8.03. The van der Waals surface area contributed by atoms with E-state index in [1.54, 1.807) is 16.2 Å². The minimum absolute atomic E-state index is 0.0810. The molecule has 124 valence electrons. The molecule has 2 amide bonds. The van der Waals surface area contributed by atoms with Crippen LogP contribution in [0.15, 0.2) is 5.38 Å². The highest BCUT2D eigenvalue weighted by Crippen LogP contribution is 2.40. The maximum absolute atomic E-state index is 14.3. The van der Waals surface area contributed by atoms with E-state index in [2.05, 4.69) is 4.98 Å². The second-order valence-electron chi connectivity index (χ2n) is 6.97. The van der Waals surface area contributed by atoms with Crippen LogP contribution in [0.3, 0.4) is 0 Å². The number of nitrogens with zero attached hydrogens (tertiary/aromatic N) is 3. The maximum Gasteiger partial charge on any atom is 0.260 e. The quantitative estimate of drug-likeness (QED) is 0.844. The predicted octanol–water partition coefficient (Wildman–Crippen LogP) is 1.76. The van der Waals surface area contributed by atoms with Crippen LogP contribution in [-0.4, -0.2) is 51.9 Å². The van der Waals surface area contributed by atoms with Crippen LogP contribution in [0.4, 0.5) is 4.39 Å². The van der Waals surface area contributed by atoms with Crippen LogP contribution in [0.5, 0.6) is 0 Å². The Balaban J connectivity index is 1.40. The molecule has 3 aliphatic rings. The van der Waals surface area contributed by atoms with E-state index < -0.39 is 11.6 Å². The van der Waals surface area contributed by atoms with Crippen molar-refractivity contribution in [2.45, 2.75) is 38.4 Å². The molecule has 2 atom stereocenters. The van der Waals surface area contributed by atoms with Gasteiger partial charge in [0, 0.05) is 30.9 Å². The number of amides is 2. The number of carbonyl (C=O) groups is 2. The molecule has 1 aromatic rings. The molecule has 2 saturated heterocycles. The lowest BCUT2D eigenvalue weighted by atomic mass is 9.81. The molecule has 5 nitrogen and oxygen atoms in total. The first-order valence-corrected chi connectivity index (χ1v) is 9.02. The van der Waals surface area contributed by atoms with Crippen molar-refractivity contribution >= 4 is 23.2 Å². The van der Waals surface area contributed by atoms with Crippen LogP contribution in [0.1, 0.15) is 30.0 Å². The number of aryl methyl sites for hydroxylation is 1. The summed E-state index contributed by atoms with van der Waals surface area (Å²) < 4.78 is 14.3. The number of fused-ring (bicyclic) bond motifs is 1. The number of hydrogen-bond donors (Lipinski definition) is 0. The van der Waals surface area contributed by atoms with Crippen molar-refractivity contribution in [2.24, 2.45) is 11.8 Å². The van der Waals surface area contributed by atoms with E-state index in [9.17, 15) is 14.0 Å². The maximum atomic E-state index is 14.3. The standard InChI is InChI=1S/C16H20FN3O2S/c1-10-18-12(9-23-10)7-19-5-11-6-20(8-13(11)14(19)21)15(22)16(17)3-2-4-16/h9,11,13H,2-8H2,1H3/t11-,13+/m1/s1. The van der Waals surface area contributed by atoms with Gasteiger partial charge in [-0.05, 0) is 26.2 Å². The van der Waals surface area contributed by atoms with Gasteiger partial charge in [-0.25, -0.2) is 9.37 Å². The zero-order valence-corrected chi connectivity index (χ0v) is 13.9. The second kappa shape index (κ2) is 5.26. The third-order valence-corrected chi connectivity index (χ3v) is 6.18. The van der Waals surface area contributed by atoms with Crippen LogP contribution in [-0.2, 0) is 16.1 Å². The predicted molar refractivity (Wildman–Crippen MR) is 83.5 cm³/mol. The Labute approximate surface area is 138 Å². The Morgan fingerprint density at radius 3 is 2.78 bits per heavy atom. The normalized spacial score (nSPS) is 28.9. The number of alkyl halides is 1. The van der Waals surface area contributed by atoms with Crippen molar-refractivity contribution in [3.63, 3.8) is 0 Å². The summed E-state index contributed by atoms with van der Waals surface area (Å²) >= 11 is 1.58. The Kier molecular flexibility index (Phi) is 3.44. The van der Waals surface area contributed by atoms with E-state index in [4.69, 9.17) is 0 Å². The van der Waals surface area contributed by atoms with E-state index >= 15 is 0 Å². The van der Waals surface area contributed by atoms with Gasteiger partial charge in [-0.15, -0.1) is 11.3 Å². The van der Waals surface area contributed by atoms with Gasteiger partial charge in [0.25, 0.3) is 5.91 Å². The smallest absolute Gasteiger partial charge is 0.260 e. The van der Waals surface area contributed by atoms with Gasteiger partial charge >= 0.3 is 0 Å². The largest absolute Gasteiger partial charge is 0.339 e. The van der Waals surface area contributed by atoms with Crippen molar-refractivity contribution in [3.05, 3.63) is 16.1 Å². The SMILES string of the molecule is Cc1nc(CN2C[C@@H]3CN(C(=O)C4(F)CCC4)C[C@@H]3C2=O)cs1. The van der Waals surface area contributed by atoms with Crippen LogP contribution in [0.25, 0.3) is 0 Å². The molecule has 4 rings (SSSR count). The number of aromatic nitrogens is 1. The molecule has 0 bridgehead atoms. The average Bonchev–Trinajstić information content (AvgIpc) is 3.15. The molecule has 0 aromatic carbocycles. The van der Waals surface area contributed by atoms with E-state index in [-0.39, 0.29) is 17.7 Å². The topological polar surface area (TPSA) is 53.5 Å². The Morgan fingerprint density at radius 2 is 2.22 bits per heavy atom. The number of rotatable bonds is 3. The third kappa shape index (κ3) is 2.45. The fraction of sp³-hybridized carbons (Fsp3) is 0.688. The summed E-state index contributed by atoms with van der Waals surface area (Å²) in [6.45, 7) is 4.01. The van der Waals surface area contributed by atoms with Crippen molar-refractivity contribution in [1.29, 1.82) is 0 Å². The van der Waals surface area contributed by atoms with E-state index in [1.807, 2.05) is 17.2 Å². The van der Waals surface area contributed by atoms with Gasteiger partial charge in [-0.3, -0.25) is 9.59 Å². The highest BCUT2D eigenvalue weighted by atomic mass is 32.1. The number of thiazole rings is 1. The van der Waals surface area contributed by atoms with Gasteiger partial charge < -0.3 is 9.80 Å². The molecule has 0 N–H and O–H groups in total. The molecular formula is C16H20FN3O2S. The molecule has 23 heavy (non-hydrogen) atoms. The lowest BCUT2D eigenvalue weighted by molar-refractivity contribution is -0.149. The van der Waals surface area contributed by atoms with Crippen LogP contribution in [0, 0.1) is 18.8 Å². The first-order chi connectivity index (χ1) is 11.0. The van der Waals surface area contributed by atoms with Crippen molar-refractivity contribution < 1.29 is 14.0 Å². The minimum atomic E-state index is -1.65. The summed E-state index contributed by atoms with van der Waals surface area (Å²) in [4.78, 5) is 32.7. The Hall–Kier alpha value is -1.50. The van der Waals surface area contributed by atoms with Gasteiger partial charge in [0.15, 0.2) is 5.67 Å². The van der Waals surface area contributed by atoms with Crippen molar-refractivity contribution in [3.8, 4) is 0 Å². The molecular weight excluding hydrogens is 317 g/mol. The highest BCUT2D eigenvalue weighted by molar-refractivity contribution is 7.09. The molecule has 1 saturated carbocycles. The van der Waals surface area contributed by atoms with Gasteiger partial charge in [0.05, 0.1) is 23.2 Å². The molecule has 3 fully saturated rings. The molecule has 0 spiro atoms. The zero-order valence-electron chi connectivity index (χ0n) is 13.1. The summed E-state index contributed by atoms with van der Waals surface area (Å²) in [5.74, 6) is -0.345. The van der Waals surface area contributed by atoms with Crippen LogP contribution >= 0.6 is 11.3 Å². The summed E-state index contributed by atoms with van der Waals surface area (Å²) in [6, 6.07) is 0. The van der Waals surface area contributed by atoms with E-state index in [1.165, 1.54) is 0 Å². The van der Waals surface area contributed by atoms with Crippen molar-refractivity contribution in [2.75, 3.05) is 19.6 Å². The van der Waals surface area contributed by atoms with Crippen LogP contribution in [0.2, 0.25) is 0 Å². The summed E-state index contributed by atoms with van der Waals surface area (Å²) in [6.07, 6.45) is 1.45. The summed E-state index contributed by atoms with van der Waals surface area (Å²) in [7, 11) is 0. The molecule has 0 radical (unpaired) electrons. The molecule has 3 heterocycles. The van der Waals surface area contributed by atoms with Gasteiger partial charge in [0.2, 0.25) is 5.91 Å². The number of likely N-dealkylation sites (tertiary alicyclic amines) is 2. The van der Waals surface area contributed by atoms with E-state index in [0.717, 1.165) is 17.1 Å². The third-order valence-electron chi connectivity index (χ3n) is 5.36. The zero-order chi connectivity index (χ0) is 16.2. The lowest BCUT2D eigenvalue weighted by Crippen LogP contribution is -2.50. The van der Waals surface area contributed by atoms with Gasteiger partial charge in [-0.2, -0.15) is 0 Å². The molecule has 7 heteroatoms. The highest BCUT2D eigenvalue weighted by Gasteiger charge is 2.53. The molecule has 0 unspecified atom stereocenters. The monoisotopic (exact) mass is 337 g/mol. The number of hydrogen-bond acceptors (Lipinski definition) is 4. The molecule has 1 aromatic heterocycles. The molecule has 2 aliphatic heterocycles. The average molecular weight is 337 g/mol. The first kappa shape index (κ1) is 15.1. The Bertz CT molecular complexity index is 658. The minimum Gasteiger partial charge on any atom is -0.339 e. The number of halogens is 1. The van der Waals surface area contributed by atoms with Gasteiger partial charge in [-0.1, -0.05) is 0 Å². The van der Waals surface area contributed by atoms with E-state index in [0.29, 0.717) is 39.0 Å². The first-order valence-electron chi connectivity index (χ1n) is 8.14. The fourth-order valence-electron chi connectivity index (χ4n) is 3.91. The summed E-state index contributed by atoms with van der Waals surface area (Å²) in [5, 5.41) is 2.98. The fourth-order valence-corrected chi connectivity index (χ4v) is 4.52.